The first-order chi connectivity index (χ1) is 13.1. The number of sulfonamides is 1. The Hall–Kier alpha value is -2.46. The smallest absolute Gasteiger partial charge is 0.321 e. The van der Waals surface area contributed by atoms with Crippen LogP contribution in [0.4, 0.5) is 10.5 Å². The van der Waals surface area contributed by atoms with E-state index in [4.69, 9.17) is 0 Å². The van der Waals surface area contributed by atoms with Crippen LogP contribution in [0.2, 0.25) is 0 Å². The van der Waals surface area contributed by atoms with Gasteiger partial charge in [-0.25, -0.2) is 13.2 Å². The average molecular weight is 408 g/mol. The highest BCUT2D eigenvalue weighted by atomic mass is 32.2. The van der Waals surface area contributed by atoms with Gasteiger partial charge in [-0.1, -0.05) is 13.8 Å². The van der Waals surface area contributed by atoms with Crippen molar-refractivity contribution < 1.29 is 22.8 Å². The Morgan fingerprint density at radius 2 is 1.68 bits per heavy atom. The lowest BCUT2D eigenvalue weighted by Gasteiger charge is -2.33. The van der Waals surface area contributed by atoms with Crippen molar-refractivity contribution in [1.29, 1.82) is 0 Å². The Morgan fingerprint density at radius 3 is 2.25 bits per heavy atom. The number of nitrogens with one attached hydrogen (secondary N) is 1. The van der Waals surface area contributed by atoms with E-state index in [1.807, 2.05) is 13.8 Å². The minimum atomic E-state index is -3.27. The van der Waals surface area contributed by atoms with Gasteiger partial charge < -0.3 is 10.2 Å². The number of anilines is 1. The molecule has 152 valence electrons. The fraction of sp³-hybridized carbons (Fsp3) is 0.500. The molecule has 1 aromatic rings. The third-order valence-corrected chi connectivity index (χ3v) is 6.07. The summed E-state index contributed by atoms with van der Waals surface area (Å²) in [5.74, 6) is -0.512. The van der Waals surface area contributed by atoms with E-state index in [-0.39, 0.29) is 55.5 Å². The highest BCUT2D eigenvalue weighted by molar-refractivity contribution is 7.88. The van der Waals surface area contributed by atoms with Crippen LogP contribution in [0.5, 0.6) is 0 Å². The molecule has 0 bridgehead atoms. The van der Waals surface area contributed by atoms with Gasteiger partial charge in [-0.3, -0.25) is 14.5 Å². The zero-order chi connectivity index (χ0) is 20.6. The maximum absolute atomic E-state index is 12.5. The second-order valence-corrected chi connectivity index (χ2v) is 9.44. The SMILES string of the molecule is CC(C)CN1C(=O)c2ccc(NC(=O)N3CCN(S(C)(=O)=O)CC3)cc2C1=O. The highest BCUT2D eigenvalue weighted by Gasteiger charge is 2.36. The standard InChI is InChI=1S/C18H24N4O5S/c1-12(2)11-22-16(23)14-5-4-13(10-15(14)17(22)24)19-18(25)20-6-8-21(9-7-20)28(3,26)27/h4-5,10,12H,6-9,11H2,1-3H3,(H,19,25). The summed E-state index contributed by atoms with van der Waals surface area (Å²) in [6.07, 6.45) is 1.15. The Morgan fingerprint density at radius 1 is 1.07 bits per heavy atom. The lowest BCUT2D eigenvalue weighted by molar-refractivity contribution is 0.0636. The average Bonchev–Trinajstić information content (AvgIpc) is 2.85. The van der Waals surface area contributed by atoms with Gasteiger partial charge in [0.05, 0.1) is 17.4 Å². The van der Waals surface area contributed by atoms with E-state index in [2.05, 4.69) is 5.32 Å². The topological polar surface area (TPSA) is 107 Å². The molecule has 0 aliphatic carbocycles. The summed E-state index contributed by atoms with van der Waals surface area (Å²) >= 11 is 0. The number of imide groups is 1. The summed E-state index contributed by atoms with van der Waals surface area (Å²) < 4.78 is 24.4. The summed E-state index contributed by atoms with van der Waals surface area (Å²) in [5, 5.41) is 2.72. The van der Waals surface area contributed by atoms with E-state index in [1.54, 1.807) is 12.1 Å². The van der Waals surface area contributed by atoms with Crippen molar-refractivity contribution in [2.45, 2.75) is 13.8 Å². The van der Waals surface area contributed by atoms with E-state index in [0.29, 0.717) is 17.8 Å². The second-order valence-electron chi connectivity index (χ2n) is 7.45. The molecule has 9 nitrogen and oxygen atoms in total. The van der Waals surface area contributed by atoms with Gasteiger partial charge in [-0.05, 0) is 24.1 Å². The largest absolute Gasteiger partial charge is 0.322 e. The third kappa shape index (κ3) is 4.02. The maximum atomic E-state index is 12.5. The molecule has 2 heterocycles. The van der Waals surface area contributed by atoms with E-state index in [1.165, 1.54) is 20.2 Å². The van der Waals surface area contributed by atoms with Crippen LogP contribution in [-0.4, -0.2) is 79.3 Å². The number of rotatable bonds is 4. The molecule has 0 atom stereocenters. The Bertz CT molecular complexity index is 920. The van der Waals surface area contributed by atoms with Crippen LogP contribution in [0, 0.1) is 5.92 Å². The third-order valence-electron chi connectivity index (χ3n) is 4.76. The molecular formula is C18H24N4O5S. The first-order valence-electron chi connectivity index (χ1n) is 9.09. The molecule has 0 unspecified atom stereocenters. The summed E-state index contributed by atoms with van der Waals surface area (Å²) in [5.41, 5.74) is 1.04. The van der Waals surface area contributed by atoms with E-state index < -0.39 is 10.0 Å². The lowest BCUT2D eigenvalue weighted by atomic mass is 10.1. The van der Waals surface area contributed by atoms with Crippen molar-refractivity contribution in [1.82, 2.24) is 14.1 Å². The van der Waals surface area contributed by atoms with Gasteiger partial charge in [0, 0.05) is 38.4 Å². The predicted octanol–water partition coefficient (Wildman–Crippen LogP) is 1.05. The quantitative estimate of drug-likeness (QED) is 0.750. The van der Waals surface area contributed by atoms with E-state index in [0.717, 1.165) is 6.26 Å². The van der Waals surface area contributed by atoms with Gasteiger partial charge >= 0.3 is 6.03 Å². The minimum absolute atomic E-state index is 0.159. The number of piperazine rings is 1. The van der Waals surface area contributed by atoms with Gasteiger partial charge in [0.2, 0.25) is 10.0 Å². The molecule has 4 amide bonds. The van der Waals surface area contributed by atoms with Crippen molar-refractivity contribution >= 4 is 33.6 Å². The van der Waals surface area contributed by atoms with Gasteiger partial charge in [0.1, 0.15) is 0 Å². The number of carbonyl (C=O) groups excluding carboxylic acids is 3. The molecular weight excluding hydrogens is 384 g/mol. The van der Waals surface area contributed by atoms with Crippen LogP contribution in [0.1, 0.15) is 34.6 Å². The van der Waals surface area contributed by atoms with Crippen LogP contribution in [0.15, 0.2) is 18.2 Å². The van der Waals surface area contributed by atoms with Crippen molar-refractivity contribution in [3.05, 3.63) is 29.3 Å². The highest BCUT2D eigenvalue weighted by Crippen LogP contribution is 2.26. The number of nitrogens with zero attached hydrogens (tertiary/aromatic N) is 3. The monoisotopic (exact) mass is 408 g/mol. The van der Waals surface area contributed by atoms with Crippen molar-refractivity contribution in [2.24, 2.45) is 5.92 Å². The molecule has 0 radical (unpaired) electrons. The normalized spacial score (nSPS) is 18.0. The Balaban J connectivity index is 1.67. The molecule has 10 heteroatoms. The summed E-state index contributed by atoms with van der Waals surface area (Å²) in [6.45, 7) is 5.25. The predicted molar refractivity (Wildman–Crippen MR) is 104 cm³/mol. The first-order valence-corrected chi connectivity index (χ1v) is 10.9. The molecule has 1 N–H and O–H groups in total. The van der Waals surface area contributed by atoms with Crippen LogP contribution < -0.4 is 5.32 Å². The molecule has 1 saturated heterocycles. The fourth-order valence-electron chi connectivity index (χ4n) is 3.32. The second kappa shape index (κ2) is 7.51. The molecule has 0 spiro atoms. The van der Waals surface area contributed by atoms with Crippen molar-refractivity contribution in [2.75, 3.05) is 44.3 Å². The molecule has 1 aromatic carbocycles. The summed E-state index contributed by atoms with van der Waals surface area (Å²) in [6, 6.07) is 4.28. The minimum Gasteiger partial charge on any atom is -0.322 e. The van der Waals surface area contributed by atoms with Gasteiger partial charge in [-0.2, -0.15) is 4.31 Å². The number of hydrogen-bond acceptors (Lipinski definition) is 5. The molecule has 3 rings (SSSR count). The van der Waals surface area contributed by atoms with Crippen molar-refractivity contribution in [3.63, 3.8) is 0 Å². The van der Waals surface area contributed by atoms with Crippen LogP contribution in [0.3, 0.4) is 0 Å². The molecule has 1 fully saturated rings. The summed E-state index contributed by atoms with van der Waals surface area (Å²) in [7, 11) is -3.27. The van der Waals surface area contributed by atoms with E-state index >= 15 is 0 Å². The van der Waals surface area contributed by atoms with Crippen LogP contribution in [-0.2, 0) is 10.0 Å². The summed E-state index contributed by atoms with van der Waals surface area (Å²) in [4.78, 5) is 40.1. The molecule has 0 aromatic heterocycles. The number of fused-ring (bicyclic) bond motifs is 1. The number of urea groups is 1. The van der Waals surface area contributed by atoms with E-state index in [9.17, 15) is 22.8 Å². The van der Waals surface area contributed by atoms with Crippen LogP contribution in [0.25, 0.3) is 0 Å². The number of carbonyl (C=O) groups is 3. The van der Waals surface area contributed by atoms with Crippen molar-refractivity contribution in [3.8, 4) is 0 Å². The first kappa shape index (κ1) is 20.3. The lowest BCUT2D eigenvalue weighted by Crippen LogP contribution is -2.51. The molecule has 0 saturated carbocycles. The number of amides is 4. The Labute approximate surface area is 164 Å². The zero-order valence-corrected chi connectivity index (χ0v) is 17.0. The van der Waals surface area contributed by atoms with Gasteiger partial charge in [0.15, 0.2) is 0 Å². The Kier molecular flexibility index (Phi) is 5.44. The molecule has 28 heavy (non-hydrogen) atoms. The fourth-order valence-corrected chi connectivity index (χ4v) is 4.15. The zero-order valence-electron chi connectivity index (χ0n) is 16.1. The number of benzene rings is 1. The van der Waals surface area contributed by atoms with Crippen LogP contribution >= 0.6 is 0 Å². The molecule has 2 aliphatic rings. The maximum Gasteiger partial charge on any atom is 0.321 e. The number of hydrogen-bond donors (Lipinski definition) is 1. The van der Waals surface area contributed by atoms with Gasteiger partial charge in [0.25, 0.3) is 11.8 Å². The molecule has 2 aliphatic heterocycles. The van der Waals surface area contributed by atoms with Gasteiger partial charge in [-0.15, -0.1) is 0 Å².